The van der Waals surface area contributed by atoms with Crippen molar-refractivity contribution in [2.45, 2.75) is 110 Å². The number of hydrogen-bond donors (Lipinski definition) is 8. The number of rotatable bonds is 15. The standard InChI is InChI=1S/C33H50O13/c1-5-6-10-19-13-23(45-33-22(14-34)26(36)28(38)32(42)46-33)21(12-11-18(4)9-7-8-17(2)3)29(24(19)30(39)40)43-15-20-16-44-31(41)27(37)25(20)35/h8,11,13,20,22,25-28,31-38,41-42H,5-7,9-10,12,14-16H2,1-4H3,(H,39,40)/b18-11+/t20-,22+,25+,26+,27-,28-,31-,32-,33?/m0/s1. The Hall–Kier alpha value is -2.59. The predicted octanol–water partition coefficient (Wildman–Crippen LogP) is 1.41. The number of unbranched alkanes of at least 4 members (excludes halogenated alkanes) is 1. The second-order valence-corrected chi connectivity index (χ2v) is 12.3. The average molecular weight is 655 g/mol. The molecule has 0 radical (unpaired) electrons. The maximum Gasteiger partial charge on any atom is 0.339 e. The largest absolute Gasteiger partial charge is 0.492 e. The van der Waals surface area contributed by atoms with E-state index in [1.54, 1.807) is 6.07 Å². The molecule has 260 valence electrons. The number of carboxylic acids is 1. The molecule has 3 rings (SSSR count). The Morgan fingerprint density at radius 2 is 1.70 bits per heavy atom. The second kappa shape index (κ2) is 17.5. The number of aryl methyl sites for hydroxylation is 1. The maximum atomic E-state index is 12.8. The molecule has 2 saturated heterocycles. The van der Waals surface area contributed by atoms with Gasteiger partial charge in [0.2, 0.25) is 6.29 Å². The lowest BCUT2D eigenvalue weighted by atomic mass is 9.93. The summed E-state index contributed by atoms with van der Waals surface area (Å²) < 4.78 is 23.0. The van der Waals surface area contributed by atoms with E-state index in [1.165, 1.54) is 5.57 Å². The molecule has 46 heavy (non-hydrogen) atoms. The first kappa shape index (κ1) is 37.9. The minimum atomic E-state index is -1.81. The Labute approximate surface area is 269 Å². The minimum Gasteiger partial charge on any atom is -0.492 e. The average Bonchev–Trinajstić information content (AvgIpc) is 3.00. The summed E-state index contributed by atoms with van der Waals surface area (Å²) in [5, 5.41) is 81.8. The van der Waals surface area contributed by atoms with Gasteiger partial charge in [-0.05, 0) is 64.5 Å². The maximum absolute atomic E-state index is 12.8. The predicted molar refractivity (Wildman–Crippen MR) is 165 cm³/mol. The highest BCUT2D eigenvalue weighted by Crippen LogP contribution is 2.40. The van der Waals surface area contributed by atoms with E-state index in [-0.39, 0.29) is 36.7 Å². The van der Waals surface area contributed by atoms with Crippen LogP contribution in [-0.2, 0) is 22.3 Å². The van der Waals surface area contributed by atoms with Crippen LogP contribution in [0, 0.1) is 11.8 Å². The summed E-state index contributed by atoms with van der Waals surface area (Å²) in [7, 11) is 0. The van der Waals surface area contributed by atoms with Crippen molar-refractivity contribution in [3.05, 3.63) is 46.1 Å². The first-order valence-electron chi connectivity index (χ1n) is 15.8. The lowest BCUT2D eigenvalue weighted by Crippen LogP contribution is -2.57. The Kier molecular flexibility index (Phi) is 14.4. The number of carbonyl (C=O) groups is 1. The van der Waals surface area contributed by atoms with E-state index >= 15 is 0 Å². The SMILES string of the molecule is CCCCc1cc(OC2O[C@H](O)[C@@H](O)[C@H](O)[C@H]2CO)c(C/C=C(\C)CCC=C(C)C)c(OC[C@H]2CO[C@H](O)[C@@H](O)[C@@H]2O)c1C(=O)O. The monoisotopic (exact) mass is 654 g/mol. The highest BCUT2D eigenvalue weighted by molar-refractivity contribution is 5.94. The molecule has 0 amide bonds. The zero-order chi connectivity index (χ0) is 34.1. The fraction of sp³-hybridized carbons (Fsp3) is 0.667. The van der Waals surface area contributed by atoms with Crippen molar-refractivity contribution in [1.82, 2.24) is 0 Å². The van der Waals surface area contributed by atoms with Crippen molar-refractivity contribution in [2.75, 3.05) is 19.8 Å². The fourth-order valence-electron chi connectivity index (χ4n) is 5.49. The normalized spacial score (nSPS) is 30.2. The Morgan fingerprint density at radius 1 is 1.00 bits per heavy atom. The third kappa shape index (κ3) is 9.49. The van der Waals surface area contributed by atoms with Crippen molar-refractivity contribution in [1.29, 1.82) is 0 Å². The molecule has 1 aromatic rings. The number of benzene rings is 1. The second-order valence-electron chi connectivity index (χ2n) is 12.3. The van der Waals surface area contributed by atoms with E-state index < -0.39 is 67.7 Å². The number of hydrogen-bond acceptors (Lipinski definition) is 12. The number of ether oxygens (including phenoxy) is 4. The first-order chi connectivity index (χ1) is 21.8. The third-order valence-corrected chi connectivity index (χ3v) is 8.39. The Morgan fingerprint density at radius 3 is 2.33 bits per heavy atom. The minimum absolute atomic E-state index is 0.0465. The summed E-state index contributed by atoms with van der Waals surface area (Å²) >= 11 is 0. The van der Waals surface area contributed by atoms with Crippen molar-refractivity contribution in [3.63, 3.8) is 0 Å². The molecular weight excluding hydrogens is 604 g/mol. The van der Waals surface area contributed by atoms with Crippen LogP contribution in [0.2, 0.25) is 0 Å². The van der Waals surface area contributed by atoms with Gasteiger partial charge in [-0.15, -0.1) is 0 Å². The molecule has 8 N–H and O–H groups in total. The molecule has 0 saturated carbocycles. The van der Waals surface area contributed by atoms with Gasteiger partial charge in [0.25, 0.3) is 0 Å². The Bertz CT molecular complexity index is 1210. The zero-order valence-corrected chi connectivity index (χ0v) is 26.9. The topological polar surface area (TPSA) is 216 Å². The van der Waals surface area contributed by atoms with Gasteiger partial charge in [0.1, 0.15) is 29.3 Å². The van der Waals surface area contributed by atoms with Gasteiger partial charge in [-0.25, -0.2) is 4.79 Å². The smallest absolute Gasteiger partial charge is 0.339 e. The summed E-state index contributed by atoms with van der Waals surface area (Å²) in [6.45, 7) is 6.82. The van der Waals surface area contributed by atoms with E-state index in [4.69, 9.17) is 18.9 Å². The van der Waals surface area contributed by atoms with Gasteiger partial charge >= 0.3 is 5.97 Å². The summed E-state index contributed by atoms with van der Waals surface area (Å²) in [5.41, 5.74) is 2.74. The van der Waals surface area contributed by atoms with Crippen molar-refractivity contribution >= 4 is 5.97 Å². The quantitative estimate of drug-likeness (QED) is 0.126. The van der Waals surface area contributed by atoms with Gasteiger partial charge in [-0.1, -0.05) is 36.6 Å². The highest BCUT2D eigenvalue weighted by atomic mass is 16.7. The van der Waals surface area contributed by atoms with Crippen LogP contribution >= 0.6 is 0 Å². The lowest BCUT2D eigenvalue weighted by molar-refractivity contribution is -0.312. The number of aromatic carboxylic acids is 1. The molecule has 0 bridgehead atoms. The van der Waals surface area contributed by atoms with E-state index in [0.717, 1.165) is 24.8 Å². The fourth-order valence-corrected chi connectivity index (χ4v) is 5.49. The van der Waals surface area contributed by atoms with Crippen LogP contribution in [0.25, 0.3) is 0 Å². The van der Waals surface area contributed by atoms with E-state index in [1.807, 2.05) is 33.8 Å². The molecule has 9 atom stereocenters. The van der Waals surface area contributed by atoms with Crippen LogP contribution in [0.3, 0.4) is 0 Å². The molecule has 0 aromatic heterocycles. The van der Waals surface area contributed by atoms with Gasteiger partial charge in [-0.3, -0.25) is 0 Å². The lowest BCUT2D eigenvalue weighted by Gasteiger charge is -2.40. The van der Waals surface area contributed by atoms with Crippen LogP contribution < -0.4 is 9.47 Å². The third-order valence-electron chi connectivity index (χ3n) is 8.39. The molecule has 2 fully saturated rings. The molecular formula is C33H50O13. The van der Waals surface area contributed by atoms with Crippen molar-refractivity contribution in [3.8, 4) is 11.5 Å². The Balaban J connectivity index is 2.14. The first-order valence-corrected chi connectivity index (χ1v) is 15.8. The molecule has 13 heteroatoms. The highest BCUT2D eigenvalue weighted by Gasteiger charge is 2.45. The van der Waals surface area contributed by atoms with Crippen molar-refractivity contribution < 1.29 is 64.6 Å². The molecule has 1 aromatic carbocycles. The summed E-state index contributed by atoms with van der Waals surface area (Å²) in [6, 6.07) is 1.55. The molecule has 0 spiro atoms. The van der Waals surface area contributed by atoms with Crippen LogP contribution in [0.1, 0.15) is 74.9 Å². The van der Waals surface area contributed by atoms with E-state index in [9.17, 15) is 45.6 Å². The zero-order valence-electron chi connectivity index (χ0n) is 26.9. The summed E-state index contributed by atoms with van der Waals surface area (Å²) in [5.74, 6) is -3.16. The molecule has 2 aliphatic heterocycles. The molecule has 2 heterocycles. The molecule has 1 unspecified atom stereocenters. The van der Waals surface area contributed by atoms with Gasteiger partial charge < -0.3 is 59.8 Å². The van der Waals surface area contributed by atoms with Gasteiger partial charge in [0.05, 0.1) is 37.9 Å². The van der Waals surface area contributed by atoms with E-state index in [2.05, 4.69) is 6.08 Å². The van der Waals surface area contributed by atoms with Crippen molar-refractivity contribution in [2.24, 2.45) is 11.8 Å². The molecule has 2 aliphatic rings. The van der Waals surface area contributed by atoms with Crippen LogP contribution in [0.5, 0.6) is 11.5 Å². The number of carboxylic acid groups (broad SMARTS) is 1. The summed E-state index contributed by atoms with van der Waals surface area (Å²) in [4.78, 5) is 12.8. The van der Waals surface area contributed by atoms with Gasteiger partial charge in [0.15, 0.2) is 12.6 Å². The van der Waals surface area contributed by atoms with Crippen LogP contribution in [0.4, 0.5) is 0 Å². The number of aliphatic hydroxyl groups excluding tert-OH is 7. The summed E-state index contributed by atoms with van der Waals surface area (Å²) in [6.07, 6.45) is -3.68. The number of allylic oxidation sites excluding steroid dienone is 4. The van der Waals surface area contributed by atoms with E-state index in [0.29, 0.717) is 24.0 Å². The van der Waals surface area contributed by atoms with Gasteiger partial charge in [-0.2, -0.15) is 0 Å². The molecule has 13 nitrogen and oxygen atoms in total. The number of aliphatic hydroxyl groups is 7. The van der Waals surface area contributed by atoms with Crippen LogP contribution in [-0.4, -0.2) is 110 Å². The van der Waals surface area contributed by atoms with Crippen LogP contribution in [0.15, 0.2) is 29.4 Å². The molecule has 0 aliphatic carbocycles. The van der Waals surface area contributed by atoms with Gasteiger partial charge in [0, 0.05) is 11.5 Å².